The number of rotatable bonds is 6. The minimum atomic E-state index is -0.892. The van der Waals surface area contributed by atoms with Crippen molar-refractivity contribution in [2.24, 2.45) is 5.92 Å². The number of carbonyl (C=O) groups is 2. The predicted molar refractivity (Wildman–Crippen MR) is 107 cm³/mol. The van der Waals surface area contributed by atoms with Crippen LogP contribution in [0.2, 0.25) is 0 Å². The molecule has 4 unspecified atom stereocenters. The summed E-state index contributed by atoms with van der Waals surface area (Å²) < 4.78 is 5.89. The van der Waals surface area contributed by atoms with Gasteiger partial charge in [-0.1, -0.05) is 12.1 Å². The van der Waals surface area contributed by atoms with Gasteiger partial charge in [-0.15, -0.1) is 0 Å². The topological polar surface area (TPSA) is 121 Å². The van der Waals surface area contributed by atoms with Gasteiger partial charge in [-0.25, -0.2) is 0 Å². The van der Waals surface area contributed by atoms with Crippen LogP contribution in [0.3, 0.4) is 0 Å². The van der Waals surface area contributed by atoms with E-state index in [1.807, 2.05) is 17.0 Å². The quantitative estimate of drug-likeness (QED) is 0.376. The van der Waals surface area contributed by atoms with Crippen LogP contribution in [0.1, 0.15) is 12.5 Å². The van der Waals surface area contributed by atoms with Crippen LogP contribution < -0.4 is 10.6 Å². The number of phenolic OH excluding ortho intramolecular Hbond substituents is 1. The molecule has 1 aromatic rings. The number of methoxy groups -OCH3 is 1. The van der Waals surface area contributed by atoms with Crippen molar-refractivity contribution in [1.29, 1.82) is 0 Å². The maximum absolute atomic E-state index is 13.5. The van der Waals surface area contributed by atoms with E-state index < -0.39 is 11.6 Å². The minimum Gasteiger partial charge on any atom is -0.508 e. The first-order valence-electron chi connectivity index (χ1n) is 10.2. The van der Waals surface area contributed by atoms with E-state index in [9.17, 15) is 19.8 Å². The number of phenols is 1. The number of ether oxygens (including phenoxy) is 1. The average Bonchev–Trinajstić information content (AvgIpc) is 3.35. The number of benzene rings is 1. The molecule has 0 radical (unpaired) electrons. The van der Waals surface area contributed by atoms with E-state index in [-0.39, 0.29) is 36.0 Å². The van der Waals surface area contributed by atoms with Crippen LogP contribution in [-0.4, -0.2) is 71.3 Å². The molecule has 0 aromatic heterocycles. The number of hydrogen-bond acceptors (Lipinski definition) is 8. The van der Waals surface area contributed by atoms with Crippen molar-refractivity contribution < 1.29 is 24.5 Å². The van der Waals surface area contributed by atoms with Crippen molar-refractivity contribution in [1.82, 2.24) is 15.5 Å². The van der Waals surface area contributed by atoms with Gasteiger partial charge < -0.3 is 30.5 Å². The standard InChI is InChI=1S/C22H25N3O5/c1-11-17(23-8-7-12-3-5-13(27)6-4-12)20(29)16-14(10-26)22(30-2)21-15(24-21)9-25(22)18(16)19(11)28/h3-6,14-15,21,23-24,26-27H,7-10H2,1-2H3. The number of ketones is 2. The number of hydrogen-bond donors (Lipinski definition) is 4. The second-order valence-corrected chi connectivity index (χ2v) is 8.32. The number of allylic oxidation sites excluding steroid dienone is 2. The van der Waals surface area contributed by atoms with Gasteiger partial charge in [0.1, 0.15) is 5.75 Å². The fourth-order valence-electron chi connectivity index (χ4n) is 5.35. The molecule has 158 valence electrons. The highest BCUT2D eigenvalue weighted by atomic mass is 16.5. The summed E-state index contributed by atoms with van der Waals surface area (Å²) in [4.78, 5) is 28.6. The second-order valence-electron chi connectivity index (χ2n) is 8.32. The summed E-state index contributed by atoms with van der Waals surface area (Å²) in [5.41, 5.74) is 1.54. The van der Waals surface area contributed by atoms with E-state index in [0.29, 0.717) is 42.1 Å². The van der Waals surface area contributed by atoms with Crippen LogP contribution in [0.4, 0.5) is 0 Å². The number of nitrogens with one attached hydrogen (secondary N) is 2. The number of nitrogens with zero attached hydrogens (tertiary/aromatic N) is 1. The zero-order valence-electron chi connectivity index (χ0n) is 16.9. The van der Waals surface area contributed by atoms with Crippen LogP contribution in [0.25, 0.3) is 0 Å². The number of Topliss-reactive ketones (excluding diaryl/α,β-unsaturated/α-hetero) is 2. The molecule has 0 amide bonds. The third kappa shape index (κ3) is 2.44. The molecule has 1 aliphatic carbocycles. The Bertz CT molecular complexity index is 999. The monoisotopic (exact) mass is 411 g/mol. The van der Waals surface area contributed by atoms with Gasteiger partial charge in [0.25, 0.3) is 0 Å². The van der Waals surface area contributed by atoms with E-state index in [4.69, 9.17) is 4.74 Å². The van der Waals surface area contributed by atoms with E-state index in [1.165, 1.54) is 0 Å². The maximum atomic E-state index is 13.5. The second kappa shape index (κ2) is 6.66. The van der Waals surface area contributed by atoms with Crippen molar-refractivity contribution >= 4 is 11.6 Å². The van der Waals surface area contributed by atoms with Crippen molar-refractivity contribution in [2.45, 2.75) is 31.2 Å². The van der Waals surface area contributed by atoms with Gasteiger partial charge in [0.15, 0.2) is 5.72 Å². The third-order valence-electron chi connectivity index (χ3n) is 6.87. The molecular formula is C22H25N3O5. The Morgan fingerprint density at radius 2 is 2.00 bits per heavy atom. The molecule has 4 N–H and O–H groups in total. The average molecular weight is 411 g/mol. The fraction of sp³-hybridized carbons (Fsp3) is 0.455. The number of aromatic hydroxyl groups is 1. The molecule has 2 fully saturated rings. The lowest BCUT2D eigenvalue weighted by atomic mass is 9.82. The third-order valence-corrected chi connectivity index (χ3v) is 6.87. The first-order chi connectivity index (χ1) is 14.4. The van der Waals surface area contributed by atoms with Crippen molar-refractivity contribution in [3.63, 3.8) is 0 Å². The Morgan fingerprint density at radius 1 is 1.27 bits per heavy atom. The Labute approximate surface area is 174 Å². The molecule has 8 nitrogen and oxygen atoms in total. The van der Waals surface area contributed by atoms with Crippen LogP contribution in [-0.2, 0) is 20.7 Å². The maximum Gasteiger partial charge on any atom is 0.208 e. The number of piperazine rings is 1. The summed E-state index contributed by atoms with van der Waals surface area (Å²) in [6.07, 6.45) is 0.635. The largest absolute Gasteiger partial charge is 0.508 e. The smallest absolute Gasteiger partial charge is 0.208 e. The number of fused-ring (bicyclic) bond motifs is 4. The molecule has 3 aliphatic heterocycles. The number of aliphatic hydroxyl groups excluding tert-OH is 1. The number of aliphatic hydroxyl groups is 1. The molecule has 4 aliphatic rings. The van der Waals surface area contributed by atoms with Gasteiger partial charge in [0.2, 0.25) is 11.6 Å². The highest BCUT2D eigenvalue weighted by molar-refractivity contribution is 6.25. The highest BCUT2D eigenvalue weighted by Gasteiger charge is 2.72. The summed E-state index contributed by atoms with van der Waals surface area (Å²) in [5, 5.41) is 26.1. The van der Waals surface area contributed by atoms with E-state index >= 15 is 0 Å². The van der Waals surface area contributed by atoms with Gasteiger partial charge in [-0.3, -0.25) is 9.59 Å². The van der Waals surface area contributed by atoms with E-state index in [1.54, 1.807) is 26.2 Å². The summed E-state index contributed by atoms with van der Waals surface area (Å²) in [5.74, 6) is -0.805. The molecule has 1 aromatic carbocycles. The number of carbonyl (C=O) groups excluding carboxylic acids is 2. The highest BCUT2D eigenvalue weighted by Crippen LogP contribution is 2.55. The van der Waals surface area contributed by atoms with Crippen LogP contribution in [0.15, 0.2) is 46.8 Å². The van der Waals surface area contributed by atoms with Gasteiger partial charge >= 0.3 is 0 Å². The molecule has 4 atom stereocenters. The molecule has 3 heterocycles. The Hall–Kier alpha value is -2.68. The van der Waals surface area contributed by atoms with Crippen LogP contribution in [0, 0.1) is 5.92 Å². The summed E-state index contributed by atoms with van der Waals surface area (Å²) >= 11 is 0. The molecular weight excluding hydrogens is 386 g/mol. The van der Waals surface area contributed by atoms with E-state index in [2.05, 4.69) is 10.6 Å². The van der Waals surface area contributed by atoms with E-state index in [0.717, 1.165) is 5.56 Å². The molecule has 2 saturated heterocycles. The zero-order chi connectivity index (χ0) is 21.2. The van der Waals surface area contributed by atoms with Gasteiger partial charge in [-0.2, -0.15) is 0 Å². The van der Waals surface area contributed by atoms with Gasteiger partial charge in [0, 0.05) is 37.4 Å². The first kappa shape index (κ1) is 19.3. The normalized spacial score (nSPS) is 31.8. The molecule has 0 bridgehead atoms. The Morgan fingerprint density at radius 3 is 2.67 bits per heavy atom. The lowest BCUT2D eigenvalue weighted by molar-refractivity contribution is -0.137. The van der Waals surface area contributed by atoms with Crippen LogP contribution >= 0.6 is 0 Å². The lowest BCUT2D eigenvalue weighted by Gasteiger charge is -2.39. The van der Waals surface area contributed by atoms with Crippen molar-refractivity contribution in [2.75, 3.05) is 26.8 Å². The summed E-state index contributed by atoms with van der Waals surface area (Å²) in [7, 11) is 1.57. The molecule has 30 heavy (non-hydrogen) atoms. The summed E-state index contributed by atoms with van der Waals surface area (Å²) in [6.45, 7) is 2.45. The zero-order valence-corrected chi connectivity index (χ0v) is 16.9. The first-order valence-corrected chi connectivity index (χ1v) is 10.2. The Kier molecular flexibility index (Phi) is 4.29. The van der Waals surface area contributed by atoms with Crippen molar-refractivity contribution in [3.8, 4) is 5.75 Å². The minimum absolute atomic E-state index is 0.00272. The summed E-state index contributed by atoms with van der Waals surface area (Å²) in [6, 6.07) is 7.09. The Balaban J connectivity index is 1.41. The lowest BCUT2D eigenvalue weighted by Crippen LogP contribution is -2.54. The van der Waals surface area contributed by atoms with Crippen molar-refractivity contribution in [3.05, 3.63) is 52.4 Å². The molecule has 8 heteroatoms. The van der Waals surface area contributed by atoms with Gasteiger partial charge in [0.05, 0.1) is 30.0 Å². The molecule has 0 saturated carbocycles. The van der Waals surface area contributed by atoms with Gasteiger partial charge in [-0.05, 0) is 31.0 Å². The predicted octanol–water partition coefficient (Wildman–Crippen LogP) is -0.175. The fourth-order valence-corrected chi connectivity index (χ4v) is 5.35. The SMILES string of the molecule is COC12C(CO)C3=C(C(=O)C(C)=C(NCCc4ccc(O)cc4)C3=O)N1CC1NC12. The van der Waals surface area contributed by atoms with Crippen LogP contribution in [0.5, 0.6) is 5.75 Å². The molecule has 0 spiro atoms. The molecule has 5 rings (SSSR count).